The van der Waals surface area contributed by atoms with Crippen LogP contribution in [-0.4, -0.2) is 0 Å². The molecular formula is C50H31NOS. The van der Waals surface area contributed by atoms with Crippen LogP contribution in [0.2, 0.25) is 0 Å². The van der Waals surface area contributed by atoms with E-state index in [1.165, 1.54) is 47.5 Å². The van der Waals surface area contributed by atoms with Gasteiger partial charge in [-0.25, -0.2) is 0 Å². The standard InChI is InChI=1S/C50H31NOS/c1-3-16-38-32(11-1)13-8-22-45(38)51(36-28-25-34(26-29-36)41-20-9-21-43-42-18-5-6-24-47(42)53-50(41)43)37-15-7-14-35(31-37)39-19-10-23-46-48(39)44-30-27-33-12-2-4-17-40(33)49(44)52-46/h1-31H. The van der Waals surface area contributed by atoms with Crippen molar-refractivity contribution >= 4 is 92.1 Å². The van der Waals surface area contributed by atoms with E-state index in [0.717, 1.165) is 55.5 Å². The summed E-state index contributed by atoms with van der Waals surface area (Å²) in [5.74, 6) is 0. The van der Waals surface area contributed by atoms with Gasteiger partial charge in [-0.05, 0) is 81.6 Å². The van der Waals surface area contributed by atoms with E-state index in [0.29, 0.717) is 0 Å². The maximum Gasteiger partial charge on any atom is 0.143 e. The lowest BCUT2D eigenvalue weighted by atomic mass is 9.97. The molecule has 0 spiro atoms. The van der Waals surface area contributed by atoms with Crippen molar-refractivity contribution in [3.05, 3.63) is 188 Å². The third-order valence-corrected chi connectivity index (χ3v) is 11.9. The second kappa shape index (κ2) is 11.9. The summed E-state index contributed by atoms with van der Waals surface area (Å²) in [6.07, 6.45) is 0. The van der Waals surface area contributed by atoms with Crippen molar-refractivity contribution < 1.29 is 4.42 Å². The average molecular weight is 694 g/mol. The minimum atomic E-state index is 0.898. The summed E-state index contributed by atoms with van der Waals surface area (Å²) >= 11 is 1.87. The zero-order valence-corrected chi connectivity index (χ0v) is 29.5. The zero-order chi connectivity index (χ0) is 34.9. The third-order valence-electron chi connectivity index (χ3n) is 10.7. The molecule has 0 radical (unpaired) electrons. The zero-order valence-electron chi connectivity index (χ0n) is 28.7. The lowest BCUT2D eigenvalue weighted by molar-refractivity contribution is 0.673. The molecule has 9 aromatic carbocycles. The highest BCUT2D eigenvalue weighted by molar-refractivity contribution is 7.26. The quantitative estimate of drug-likeness (QED) is 0.178. The van der Waals surface area contributed by atoms with E-state index in [2.05, 4.69) is 193 Å². The van der Waals surface area contributed by atoms with Crippen LogP contribution < -0.4 is 4.90 Å². The molecule has 11 aromatic rings. The summed E-state index contributed by atoms with van der Waals surface area (Å²) in [6.45, 7) is 0. The van der Waals surface area contributed by atoms with Crippen LogP contribution in [0.15, 0.2) is 192 Å². The predicted octanol–water partition coefficient (Wildman–Crippen LogP) is 15.1. The molecule has 2 heterocycles. The lowest BCUT2D eigenvalue weighted by Crippen LogP contribution is -2.10. The number of nitrogens with zero attached hydrogens (tertiary/aromatic N) is 1. The predicted molar refractivity (Wildman–Crippen MR) is 227 cm³/mol. The summed E-state index contributed by atoms with van der Waals surface area (Å²) in [5, 5.41) is 9.64. The molecule has 0 saturated carbocycles. The van der Waals surface area contributed by atoms with Gasteiger partial charge in [-0.1, -0.05) is 140 Å². The lowest BCUT2D eigenvalue weighted by Gasteiger charge is -2.27. The van der Waals surface area contributed by atoms with Crippen LogP contribution in [0, 0.1) is 0 Å². The SMILES string of the molecule is c1cc(-c2cccc3oc4c5ccccc5ccc4c23)cc(N(c2ccc(-c3cccc4c3sc3ccccc34)cc2)c2cccc3ccccc23)c1. The van der Waals surface area contributed by atoms with E-state index in [1.54, 1.807) is 0 Å². The van der Waals surface area contributed by atoms with Gasteiger partial charge in [0.25, 0.3) is 0 Å². The van der Waals surface area contributed by atoms with Gasteiger partial charge in [-0.15, -0.1) is 11.3 Å². The van der Waals surface area contributed by atoms with E-state index in [4.69, 9.17) is 4.42 Å². The number of anilines is 3. The Morgan fingerprint density at radius 1 is 0.415 bits per heavy atom. The molecule has 0 amide bonds. The number of thiophene rings is 1. The Labute approximate surface area is 310 Å². The molecule has 3 heteroatoms. The van der Waals surface area contributed by atoms with Gasteiger partial charge in [0.2, 0.25) is 0 Å². The van der Waals surface area contributed by atoms with Crippen molar-refractivity contribution in [3.63, 3.8) is 0 Å². The number of fused-ring (bicyclic) bond motifs is 9. The van der Waals surface area contributed by atoms with Crippen molar-refractivity contribution in [1.29, 1.82) is 0 Å². The Balaban J connectivity index is 1.08. The van der Waals surface area contributed by atoms with E-state index in [9.17, 15) is 0 Å². The monoisotopic (exact) mass is 693 g/mol. The fraction of sp³-hybridized carbons (Fsp3) is 0. The molecule has 0 fully saturated rings. The van der Waals surface area contributed by atoms with E-state index in [-0.39, 0.29) is 0 Å². The third kappa shape index (κ3) is 4.78. The number of benzene rings is 9. The van der Waals surface area contributed by atoms with Crippen molar-refractivity contribution in [2.24, 2.45) is 0 Å². The second-order valence-corrected chi connectivity index (χ2v) is 14.7. The minimum Gasteiger partial charge on any atom is -0.455 e. The van der Waals surface area contributed by atoms with Gasteiger partial charge in [0.1, 0.15) is 11.2 Å². The number of hydrogen-bond donors (Lipinski definition) is 0. The average Bonchev–Trinajstić information content (AvgIpc) is 3.81. The molecular weight excluding hydrogens is 663 g/mol. The van der Waals surface area contributed by atoms with Gasteiger partial charge < -0.3 is 9.32 Å². The molecule has 0 atom stereocenters. The highest BCUT2D eigenvalue weighted by Gasteiger charge is 2.19. The Kier molecular flexibility index (Phi) is 6.76. The first kappa shape index (κ1) is 30.0. The minimum absolute atomic E-state index is 0.898. The highest BCUT2D eigenvalue weighted by Crippen LogP contribution is 2.45. The molecule has 11 rings (SSSR count). The van der Waals surface area contributed by atoms with Gasteiger partial charge in [-0.3, -0.25) is 0 Å². The van der Waals surface area contributed by atoms with E-state index < -0.39 is 0 Å². The van der Waals surface area contributed by atoms with E-state index >= 15 is 0 Å². The molecule has 0 aliphatic carbocycles. The van der Waals surface area contributed by atoms with Crippen LogP contribution >= 0.6 is 11.3 Å². The summed E-state index contributed by atoms with van der Waals surface area (Å²) in [4.78, 5) is 2.40. The Morgan fingerprint density at radius 2 is 1.09 bits per heavy atom. The molecule has 248 valence electrons. The first-order valence-corrected chi connectivity index (χ1v) is 18.8. The molecule has 53 heavy (non-hydrogen) atoms. The fourth-order valence-electron chi connectivity index (χ4n) is 8.20. The summed E-state index contributed by atoms with van der Waals surface area (Å²) < 4.78 is 9.22. The summed E-state index contributed by atoms with van der Waals surface area (Å²) in [5.41, 5.74) is 9.94. The van der Waals surface area contributed by atoms with Crippen molar-refractivity contribution in [2.75, 3.05) is 4.90 Å². The van der Waals surface area contributed by atoms with Crippen LogP contribution in [-0.2, 0) is 0 Å². The molecule has 0 bridgehead atoms. The first-order chi connectivity index (χ1) is 26.3. The maximum atomic E-state index is 6.57. The van der Waals surface area contributed by atoms with Gasteiger partial charge in [-0.2, -0.15) is 0 Å². The topological polar surface area (TPSA) is 16.4 Å². The van der Waals surface area contributed by atoms with Crippen molar-refractivity contribution in [2.45, 2.75) is 0 Å². The Hall–Kier alpha value is -6.68. The Morgan fingerprint density at radius 3 is 1.98 bits per heavy atom. The van der Waals surface area contributed by atoms with Crippen LogP contribution in [0.25, 0.3) is 85.9 Å². The van der Waals surface area contributed by atoms with Gasteiger partial charge in [0.05, 0.1) is 5.69 Å². The highest BCUT2D eigenvalue weighted by atomic mass is 32.1. The van der Waals surface area contributed by atoms with Gasteiger partial charge in [0, 0.05) is 53.1 Å². The summed E-state index contributed by atoms with van der Waals surface area (Å²) in [7, 11) is 0. The van der Waals surface area contributed by atoms with E-state index in [1.807, 2.05) is 11.3 Å². The largest absolute Gasteiger partial charge is 0.455 e. The molecule has 0 aliphatic rings. The Bertz CT molecular complexity index is 3180. The molecule has 0 aliphatic heterocycles. The van der Waals surface area contributed by atoms with Crippen LogP contribution in [0.4, 0.5) is 17.1 Å². The van der Waals surface area contributed by atoms with Gasteiger partial charge in [0.15, 0.2) is 0 Å². The van der Waals surface area contributed by atoms with Crippen LogP contribution in [0.5, 0.6) is 0 Å². The summed E-state index contributed by atoms with van der Waals surface area (Å²) in [6, 6.07) is 67.9. The number of hydrogen-bond acceptors (Lipinski definition) is 3. The normalized spacial score (nSPS) is 11.8. The van der Waals surface area contributed by atoms with Crippen LogP contribution in [0.1, 0.15) is 0 Å². The smallest absolute Gasteiger partial charge is 0.143 e. The molecule has 0 N–H and O–H groups in total. The van der Waals surface area contributed by atoms with Crippen molar-refractivity contribution in [3.8, 4) is 22.3 Å². The molecule has 0 saturated heterocycles. The van der Waals surface area contributed by atoms with Crippen LogP contribution in [0.3, 0.4) is 0 Å². The maximum absolute atomic E-state index is 6.57. The first-order valence-electron chi connectivity index (χ1n) is 18.0. The fourth-order valence-corrected chi connectivity index (χ4v) is 9.44. The molecule has 2 aromatic heterocycles. The van der Waals surface area contributed by atoms with Gasteiger partial charge >= 0.3 is 0 Å². The molecule has 2 nitrogen and oxygen atoms in total. The number of rotatable bonds is 5. The molecule has 0 unspecified atom stereocenters. The van der Waals surface area contributed by atoms with Crippen molar-refractivity contribution in [1.82, 2.24) is 0 Å². The number of furan rings is 1. The second-order valence-electron chi connectivity index (χ2n) is 13.7.